The molecule has 2 aliphatic heterocycles. The molecule has 5 rings (SSSR count). The van der Waals surface area contributed by atoms with Crippen LogP contribution in [0, 0.1) is 0 Å². The highest BCUT2D eigenvalue weighted by molar-refractivity contribution is 6.07. The summed E-state index contributed by atoms with van der Waals surface area (Å²) in [7, 11) is 2.18. The molecule has 0 spiro atoms. The number of amides is 1. The fourth-order valence-electron chi connectivity index (χ4n) is 4.54. The molecule has 0 radical (unpaired) electrons. The van der Waals surface area contributed by atoms with Gasteiger partial charge in [0.05, 0.1) is 16.8 Å². The Kier molecular flexibility index (Phi) is 6.92. The summed E-state index contributed by atoms with van der Waals surface area (Å²) in [5, 5.41) is 3.99. The van der Waals surface area contributed by atoms with Crippen LogP contribution in [0.4, 0.5) is 0 Å². The Morgan fingerprint density at radius 2 is 1.76 bits per heavy atom. The summed E-state index contributed by atoms with van der Waals surface area (Å²) in [4.78, 5) is 22.9. The Morgan fingerprint density at radius 3 is 2.62 bits per heavy atom. The minimum atomic E-state index is -0.0583. The van der Waals surface area contributed by atoms with Gasteiger partial charge in [-0.15, -0.1) is 0 Å². The highest BCUT2D eigenvalue weighted by Gasteiger charge is 2.17. The predicted molar refractivity (Wildman–Crippen MR) is 134 cm³/mol. The van der Waals surface area contributed by atoms with Gasteiger partial charge in [0.15, 0.2) is 11.5 Å². The van der Waals surface area contributed by atoms with E-state index in [9.17, 15) is 4.79 Å². The van der Waals surface area contributed by atoms with E-state index >= 15 is 0 Å². The first-order chi connectivity index (χ1) is 16.7. The SMILES string of the molecule is CN1CCN(CCCCNC(=O)c2cc(-c3ccc4c(c3)OCCO4)nc3ccccc23)CC1. The van der Waals surface area contributed by atoms with Gasteiger partial charge in [0.2, 0.25) is 0 Å². The van der Waals surface area contributed by atoms with Gasteiger partial charge < -0.3 is 24.6 Å². The van der Waals surface area contributed by atoms with Gasteiger partial charge in [-0.2, -0.15) is 0 Å². The van der Waals surface area contributed by atoms with Crippen LogP contribution in [-0.2, 0) is 0 Å². The number of pyridine rings is 1. The second kappa shape index (κ2) is 10.4. The normalized spacial score (nSPS) is 16.5. The Hall–Kier alpha value is -3.16. The lowest BCUT2D eigenvalue weighted by atomic mass is 10.0. The number of para-hydroxylation sites is 1. The molecule has 1 fully saturated rings. The monoisotopic (exact) mass is 460 g/mol. The van der Waals surface area contributed by atoms with E-state index < -0.39 is 0 Å². The van der Waals surface area contributed by atoms with Crippen molar-refractivity contribution in [1.29, 1.82) is 0 Å². The number of piperazine rings is 1. The Labute approximate surface area is 200 Å². The van der Waals surface area contributed by atoms with Crippen molar-refractivity contribution in [3.8, 4) is 22.8 Å². The van der Waals surface area contributed by atoms with Gasteiger partial charge >= 0.3 is 0 Å². The third-order valence-electron chi connectivity index (χ3n) is 6.58. The maximum Gasteiger partial charge on any atom is 0.252 e. The molecule has 0 atom stereocenters. The van der Waals surface area contributed by atoms with Gasteiger partial charge in [-0.05, 0) is 56.8 Å². The van der Waals surface area contributed by atoms with Crippen molar-refractivity contribution in [2.75, 3.05) is 59.5 Å². The summed E-state index contributed by atoms with van der Waals surface area (Å²) in [6, 6.07) is 15.5. The highest BCUT2D eigenvalue weighted by atomic mass is 16.6. The first-order valence-corrected chi connectivity index (χ1v) is 12.2. The molecular weight excluding hydrogens is 428 g/mol. The van der Waals surface area contributed by atoms with E-state index in [1.165, 1.54) is 0 Å². The molecule has 2 aliphatic rings. The number of carbonyl (C=O) groups excluding carboxylic acids is 1. The molecule has 1 aromatic heterocycles. The summed E-state index contributed by atoms with van der Waals surface area (Å²) in [5.74, 6) is 1.40. The van der Waals surface area contributed by atoms with Crippen molar-refractivity contribution in [3.05, 3.63) is 54.1 Å². The highest BCUT2D eigenvalue weighted by Crippen LogP contribution is 2.35. The van der Waals surface area contributed by atoms with Crippen molar-refractivity contribution >= 4 is 16.8 Å². The molecule has 3 heterocycles. The van der Waals surface area contributed by atoms with Crippen LogP contribution in [0.5, 0.6) is 11.5 Å². The van der Waals surface area contributed by atoms with E-state index in [1.807, 2.05) is 48.5 Å². The van der Waals surface area contributed by atoms with Gasteiger partial charge in [0.1, 0.15) is 13.2 Å². The third-order valence-corrected chi connectivity index (χ3v) is 6.58. The number of hydrogen-bond acceptors (Lipinski definition) is 6. The second-order valence-electron chi connectivity index (χ2n) is 9.04. The molecule has 7 nitrogen and oxygen atoms in total. The summed E-state index contributed by atoms with van der Waals surface area (Å²) in [6.45, 7) is 7.39. The van der Waals surface area contributed by atoms with E-state index in [0.29, 0.717) is 31.1 Å². The number of rotatable bonds is 7. The molecule has 0 aliphatic carbocycles. The zero-order valence-corrected chi connectivity index (χ0v) is 19.8. The average Bonchev–Trinajstić information content (AvgIpc) is 2.88. The molecule has 1 saturated heterocycles. The molecule has 7 heteroatoms. The largest absolute Gasteiger partial charge is 0.486 e. The molecular formula is C27H32N4O3. The standard InChI is InChI=1S/C27H32N4O3/c1-30-12-14-31(15-13-30)11-5-4-10-28-27(32)22-19-24(29-23-7-3-2-6-21(22)23)20-8-9-25-26(18-20)34-17-16-33-25/h2-3,6-9,18-19H,4-5,10-17H2,1H3,(H,28,32). The lowest BCUT2D eigenvalue weighted by molar-refractivity contribution is 0.0953. The van der Waals surface area contributed by atoms with Crippen LogP contribution < -0.4 is 14.8 Å². The number of likely N-dealkylation sites (N-methyl/N-ethyl adjacent to an activating group) is 1. The molecule has 178 valence electrons. The van der Waals surface area contributed by atoms with Crippen LogP contribution in [0.3, 0.4) is 0 Å². The van der Waals surface area contributed by atoms with E-state index in [4.69, 9.17) is 14.5 Å². The summed E-state index contributed by atoms with van der Waals surface area (Å²) >= 11 is 0. The summed E-state index contributed by atoms with van der Waals surface area (Å²) in [5.41, 5.74) is 3.09. The lowest BCUT2D eigenvalue weighted by Gasteiger charge is -2.32. The quantitative estimate of drug-likeness (QED) is 0.545. The van der Waals surface area contributed by atoms with Gasteiger partial charge in [-0.25, -0.2) is 4.98 Å². The van der Waals surface area contributed by atoms with Crippen LogP contribution >= 0.6 is 0 Å². The minimum Gasteiger partial charge on any atom is -0.486 e. The molecule has 1 amide bonds. The number of hydrogen-bond donors (Lipinski definition) is 1. The first kappa shape index (κ1) is 22.6. The van der Waals surface area contributed by atoms with Crippen LogP contribution in [0.25, 0.3) is 22.2 Å². The topological polar surface area (TPSA) is 66.9 Å². The van der Waals surface area contributed by atoms with Crippen LogP contribution in [0.2, 0.25) is 0 Å². The number of ether oxygens (including phenoxy) is 2. The van der Waals surface area contributed by atoms with E-state index in [0.717, 1.165) is 73.5 Å². The molecule has 34 heavy (non-hydrogen) atoms. The predicted octanol–water partition coefficient (Wildman–Crippen LogP) is 3.43. The van der Waals surface area contributed by atoms with Crippen molar-refractivity contribution in [1.82, 2.24) is 20.1 Å². The van der Waals surface area contributed by atoms with Crippen LogP contribution in [0.15, 0.2) is 48.5 Å². The van der Waals surface area contributed by atoms with Gasteiger partial charge in [-0.3, -0.25) is 4.79 Å². The first-order valence-electron chi connectivity index (χ1n) is 12.2. The maximum atomic E-state index is 13.2. The van der Waals surface area contributed by atoms with Crippen molar-refractivity contribution in [3.63, 3.8) is 0 Å². The van der Waals surface area contributed by atoms with Gasteiger partial charge in [0.25, 0.3) is 5.91 Å². The average molecular weight is 461 g/mol. The van der Waals surface area contributed by atoms with E-state index in [2.05, 4.69) is 22.2 Å². The maximum absolute atomic E-state index is 13.2. The zero-order valence-electron chi connectivity index (χ0n) is 19.8. The minimum absolute atomic E-state index is 0.0583. The van der Waals surface area contributed by atoms with E-state index in [-0.39, 0.29) is 5.91 Å². The number of nitrogens with one attached hydrogen (secondary N) is 1. The third kappa shape index (κ3) is 5.16. The zero-order chi connectivity index (χ0) is 23.3. The van der Waals surface area contributed by atoms with Gasteiger partial charge in [0, 0.05) is 43.7 Å². The van der Waals surface area contributed by atoms with Crippen LogP contribution in [-0.4, -0.2) is 80.2 Å². The lowest BCUT2D eigenvalue weighted by Crippen LogP contribution is -2.44. The fraction of sp³-hybridized carbons (Fsp3) is 0.407. The smallest absolute Gasteiger partial charge is 0.252 e. The molecule has 0 unspecified atom stereocenters. The Bertz CT molecular complexity index is 1160. The molecule has 0 saturated carbocycles. The number of benzene rings is 2. The Balaban J connectivity index is 1.27. The number of aromatic nitrogens is 1. The van der Waals surface area contributed by atoms with Gasteiger partial charge in [-0.1, -0.05) is 18.2 Å². The number of unbranched alkanes of at least 4 members (excludes halogenated alkanes) is 1. The van der Waals surface area contributed by atoms with Crippen molar-refractivity contribution < 1.29 is 14.3 Å². The fourth-order valence-corrected chi connectivity index (χ4v) is 4.54. The molecule has 2 aromatic carbocycles. The van der Waals surface area contributed by atoms with Crippen molar-refractivity contribution in [2.24, 2.45) is 0 Å². The summed E-state index contributed by atoms with van der Waals surface area (Å²) < 4.78 is 11.4. The van der Waals surface area contributed by atoms with Crippen LogP contribution in [0.1, 0.15) is 23.2 Å². The number of nitrogens with zero attached hydrogens (tertiary/aromatic N) is 3. The molecule has 1 N–H and O–H groups in total. The number of fused-ring (bicyclic) bond motifs is 2. The number of carbonyl (C=O) groups is 1. The Morgan fingerprint density at radius 1 is 0.971 bits per heavy atom. The molecule has 0 bridgehead atoms. The van der Waals surface area contributed by atoms with Crippen molar-refractivity contribution in [2.45, 2.75) is 12.8 Å². The van der Waals surface area contributed by atoms with E-state index in [1.54, 1.807) is 0 Å². The summed E-state index contributed by atoms with van der Waals surface area (Å²) in [6.07, 6.45) is 2.06. The molecule has 3 aromatic rings. The second-order valence-corrected chi connectivity index (χ2v) is 9.04.